The maximum Gasteiger partial charge on any atom is 0.167 e. The van der Waals surface area contributed by atoms with Crippen molar-refractivity contribution in [1.82, 2.24) is 34.4 Å². The highest BCUT2D eigenvalue weighted by Gasteiger charge is 2.46. The topological polar surface area (TPSA) is 246 Å². The van der Waals surface area contributed by atoms with E-state index in [0.29, 0.717) is 29.7 Å². The summed E-state index contributed by atoms with van der Waals surface area (Å²) in [6.45, 7) is 11.6. The number of nitrogens with one attached hydrogen (secondary N) is 1. The Morgan fingerprint density at radius 1 is 1.09 bits per heavy atom. The molecule has 3 aromatic heterocycles. The lowest BCUT2D eigenvalue weighted by molar-refractivity contribution is -0.0620. The predicted molar refractivity (Wildman–Crippen MR) is 168 cm³/mol. The van der Waals surface area contributed by atoms with Gasteiger partial charge in [0.25, 0.3) is 0 Å². The zero-order chi connectivity index (χ0) is 29.1. The molecule has 4 atom stereocenters. The minimum Gasteiger partial charge on any atom is -0.412 e. The highest BCUT2D eigenvalue weighted by atomic mass is 16.6. The van der Waals surface area contributed by atoms with Crippen LogP contribution in [0.2, 0.25) is 0 Å². The first-order valence-electron chi connectivity index (χ1n) is 14.7. The first-order valence-corrected chi connectivity index (χ1v) is 14.7. The molecule has 0 spiro atoms. The number of hydrogen-bond donors (Lipinski definition) is 4. The quantitative estimate of drug-likeness (QED) is 0.219. The summed E-state index contributed by atoms with van der Waals surface area (Å²) in [5.74, 6) is 1.95. The molecule has 0 bridgehead atoms. The SMILES string of the molecule is CC(C)N(C[C@H]1O[C@@H](n2cnc3c(N)ncnc32)[C@H](O)[C@@H]1O)C1CC(CCc2nc3cc(C(C)(C)C)ccc3[nH]2)C1.O.O.O. The van der Waals surface area contributed by atoms with Crippen molar-refractivity contribution in [1.29, 1.82) is 0 Å². The van der Waals surface area contributed by atoms with Crippen LogP contribution in [0.4, 0.5) is 5.82 Å². The summed E-state index contributed by atoms with van der Waals surface area (Å²) < 4.78 is 7.86. The minimum absolute atomic E-state index is 0. The molecular formula is C30H48N8O6. The van der Waals surface area contributed by atoms with Crippen LogP contribution in [0, 0.1) is 5.92 Å². The number of aromatic nitrogens is 6. The third-order valence-electron chi connectivity index (χ3n) is 8.92. The van der Waals surface area contributed by atoms with Crippen LogP contribution in [-0.2, 0) is 16.6 Å². The van der Waals surface area contributed by atoms with Crippen molar-refractivity contribution in [2.24, 2.45) is 5.92 Å². The lowest BCUT2D eigenvalue weighted by atomic mass is 9.76. The van der Waals surface area contributed by atoms with Gasteiger partial charge in [0.05, 0.1) is 17.4 Å². The monoisotopic (exact) mass is 616 g/mol. The third-order valence-corrected chi connectivity index (χ3v) is 8.92. The van der Waals surface area contributed by atoms with Crippen LogP contribution in [-0.4, -0.2) is 98.0 Å². The molecule has 0 amide bonds. The van der Waals surface area contributed by atoms with Gasteiger partial charge in [-0.2, -0.15) is 0 Å². The van der Waals surface area contributed by atoms with Crippen LogP contribution in [0.1, 0.15) is 71.5 Å². The molecule has 2 aliphatic rings. The number of H-pyrrole nitrogens is 1. The van der Waals surface area contributed by atoms with Crippen molar-refractivity contribution in [3.8, 4) is 0 Å². The molecule has 2 fully saturated rings. The van der Waals surface area contributed by atoms with E-state index < -0.39 is 24.5 Å². The second kappa shape index (κ2) is 13.4. The van der Waals surface area contributed by atoms with Gasteiger partial charge in [0, 0.05) is 25.0 Å². The average Bonchev–Trinajstić information content (AvgIpc) is 3.58. The molecule has 6 rings (SSSR count). The van der Waals surface area contributed by atoms with E-state index in [1.807, 2.05) is 0 Å². The Morgan fingerprint density at radius 2 is 1.82 bits per heavy atom. The number of hydrogen-bond acceptors (Lipinski definition) is 9. The molecule has 4 heterocycles. The average molecular weight is 617 g/mol. The van der Waals surface area contributed by atoms with Gasteiger partial charge in [-0.05, 0) is 62.1 Å². The van der Waals surface area contributed by atoms with E-state index in [0.717, 1.165) is 42.5 Å². The zero-order valence-corrected chi connectivity index (χ0v) is 26.0. The molecular weight excluding hydrogens is 568 g/mol. The summed E-state index contributed by atoms with van der Waals surface area (Å²) in [5.41, 5.74) is 10.4. The van der Waals surface area contributed by atoms with Crippen LogP contribution in [0.5, 0.6) is 0 Å². The van der Waals surface area contributed by atoms with E-state index in [2.05, 4.69) is 77.7 Å². The summed E-state index contributed by atoms with van der Waals surface area (Å²) in [4.78, 5) is 23.3. The van der Waals surface area contributed by atoms with E-state index in [9.17, 15) is 10.2 Å². The Bertz CT molecular complexity index is 1530. The number of nitrogens with two attached hydrogens (primary N) is 1. The summed E-state index contributed by atoms with van der Waals surface area (Å²) >= 11 is 0. The highest BCUT2D eigenvalue weighted by molar-refractivity contribution is 5.81. The minimum atomic E-state index is -1.11. The summed E-state index contributed by atoms with van der Waals surface area (Å²) in [6.07, 6.45) is 3.63. The zero-order valence-electron chi connectivity index (χ0n) is 26.0. The van der Waals surface area contributed by atoms with Crippen LogP contribution < -0.4 is 5.73 Å². The van der Waals surface area contributed by atoms with Crippen molar-refractivity contribution in [3.05, 3.63) is 42.2 Å². The largest absolute Gasteiger partial charge is 0.412 e. The molecule has 0 unspecified atom stereocenters. The fraction of sp³-hybridized carbons (Fsp3) is 0.600. The number of benzene rings is 1. The number of ether oxygens (including phenoxy) is 1. The van der Waals surface area contributed by atoms with Crippen molar-refractivity contribution < 1.29 is 31.4 Å². The van der Waals surface area contributed by atoms with Gasteiger partial charge in [-0.15, -0.1) is 0 Å². The number of aliphatic hydroxyl groups excluding tert-OH is 2. The molecule has 44 heavy (non-hydrogen) atoms. The van der Waals surface area contributed by atoms with Crippen LogP contribution in [0.25, 0.3) is 22.2 Å². The van der Waals surface area contributed by atoms with Gasteiger partial charge in [0.2, 0.25) is 0 Å². The molecule has 11 N–H and O–H groups in total. The van der Waals surface area contributed by atoms with Gasteiger partial charge in [0.1, 0.15) is 36.0 Å². The number of aryl methyl sites for hydroxylation is 1. The Labute approximate surface area is 256 Å². The van der Waals surface area contributed by atoms with Crippen molar-refractivity contribution >= 4 is 28.0 Å². The molecule has 14 heteroatoms. The fourth-order valence-corrected chi connectivity index (χ4v) is 6.35. The van der Waals surface area contributed by atoms with E-state index in [1.54, 1.807) is 4.57 Å². The lowest BCUT2D eigenvalue weighted by Gasteiger charge is -2.46. The number of nitrogen functional groups attached to an aromatic ring is 1. The predicted octanol–water partition coefficient (Wildman–Crippen LogP) is 0.849. The van der Waals surface area contributed by atoms with E-state index in [1.165, 1.54) is 18.2 Å². The maximum absolute atomic E-state index is 10.9. The fourth-order valence-electron chi connectivity index (χ4n) is 6.35. The number of imidazole rings is 2. The molecule has 1 aromatic carbocycles. The molecule has 1 aliphatic heterocycles. The lowest BCUT2D eigenvalue weighted by Crippen LogP contribution is -2.52. The van der Waals surface area contributed by atoms with E-state index in [4.69, 9.17) is 15.5 Å². The van der Waals surface area contributed by atoms with Crippen molar-refractivity contribution in [2.45, 2.75) is 102 Å². The van der Waals surface area contributed by atoms with E-state index >= 15 is 0 Å². The number of nitrogens with zero attached hydrogens (tertiary/aromatic N) is 6. The molecule has 1 aliphatic carbocycles. The number of rotatable bonds is 8. The van der Waals surface area contributed by atoms with Crippen LogP contribution in [0.15, 0.2) is 30.9 Å². The van der Waals surface area contributed by atoms with Gasteiger partial charge in [0.15, 0.2) is 17.7 Å². The summed E-state index contributed by atoms with van der Waals surface area (Å²) in [7, 11) is 0. The first kappa shape index (κ1) is 35.2. The number of anilines is 1. The van der Waals surface area contributed by atoms with Crippen molar-refractivity contribution in [3.63, 3.8) is 0 Å². The Morgan fingerprint density at radius 3 is 2.50 bits per heavy atom. The Hall–Kier alpha value is -3.24. The molecule has 14 nitrogen and oxygen atoms in total. The standard InChI is InChI=1S/C30H42N8O3.3H2O/c1-16(2)37(13-22-25(39)26(40)29(41-22)38-15-34-24-27(31)32-14-33-28(24)38)19-10-17(11-19)6-9-23-35-20-8-7-18(30(3,4)5)12-21(20)36-23;;;/h7-8,12,14-17,19,22,25-26,29,39-40H,6,9-11,13H2,1-5H3,(H,35,36)(H2,31,32,33);3*1H2/t17?,19?,22-,25-,26-,29-;;;/m1.../s1. The smallest absolute Gasteiger partial charge is 0.167 e. The number of fused-ring (bicyclic) bond motifs is 2. The second-order valence-corrected chi connectivity index (χ2v) is 13.1. The highest BCUT2D eigenvalue weighted by Crippen LogP contribution is 2.38. The molecule has 0 radical (unpaired) electrons. The van der Waals surface area contributed by atoms with Gasteiger partial charge < -0.3 is 42.1 Å². The molecule has 1 saturated carbocycles. The van der Waals surface area contributed by atoms with Crippen LogP contribution >= 0.6 is 0 Å². The normalized spacial score (nSPS) is 25.1. The molecule has 1 saturated heterocycles. The van der Waals surface area contributed by atoms with E-state index in [-0.39, 0.29) is 33.7 Å². The first-order chi connectivity index (χ1) is 19.5. The van der Waals surface area contributed by atoms with Gasteiger partial charge in [-0.3, -0.25) is 9.47 Å². The Balaban J connectivity index is 0.00000176. The second-order valence-electron chi connectivity index (χ2n) is 13.1. The summed E-state index contributed by atoms with van der Waals surface area (Å²) in [5, 5.41) is 21.8. The van der Waals surface area contributed by atoms with Crippen molar-refractivity contribution in [2.75, 3.05) is 12.3 Å². The Kier molecular flexibility index (Phi) is 10.7. The maximum atomic E-state index is 10.9. The molecule has 4 aromatic rings. The number of aliphatic hydroxyl groups is 2. The third kappa shape index (κ3) is 6.56. The van der Waals surface area contributed by atoms with Crippen LogP contribution in [0.3, 0.4) is 0 Å². The molecule has 244 valence electrons. The van der Waals surface area contributed by atoms with Gasteiger partial charge >= 0.3 is 0 Å². The van der Waals surface area contributed by atoms with Gasteiger partial charge in [-0.1, -0.05) is 26.8 Å². The van der Waals surface area contributed by atoms with Gasteiger partial charge in [-0.25, -0.2) is 19.9 Å². The number of aromatic amines is 1. The summed E-state index contributed by atoms with van der Waals surface area (Å²) in [6, 6.07) is 7.23.